The summed E-state index contributed by atoms with van der Waals surface area (Å²) in [6.07, 6.45) is 4.88. The standard InChI is InChI=1S/C23H27N3O2/c1-26(21(27)19-8-7-18(25-19)15-5-3-2-4-6-15)20-16-9-14-10-17(20)13-23(11-14,12-16)22(24)28/h2-8,14,16-17,20,25H,9-13H2,1H3,(H2,24,28). The first kappa shape index (κ1) is 17.5. The average molecular weight is 377 g/mol. The lowest BCUT2D eigenvalue weighted by atomic mass is 9.47. The first-order valence-electron chi connectivity index (χ1n) is 10.3. The molecule has 1 aromatic carbocycles. The predicted molar refractivity (Wildman–Crippen MR) is 107 cm³/mol. The quantitative estimate of drug-likeness (QED) is 0.856. The lowest BCUT2D eigenvalue weighted by Crippen LogP contribution is -2.62. The maximum Gasteiger partial charge on any atom is 0.270 e. The van der Waals surface area contributed by atoms with Crippen molar-refractivity contribution in [1.29, 1.82) is 0 Å². The van der Waals surface area contributed by atoms with Crippen molar-refractivity contribution in [3.8, 4) is 11.3 Å². The van der Waals surface area contributed by atoms with Crippen LogP contribution in [0.4, 0.5) is 0 Å². The molecule has 4 saturated carbocycles. The molecule has 2 amide bonds. The minimum absolute atomic E-state index is 0.0350. The van der Waals surface area contributed by atoms with Crippen molar-refractivity contribution in [1.82, 2.24) is 9.88 Å². The summed E-state index contributed by atoms with van der Waals surface area (Å²) >= 11 is 0. The first-order chi connectivity index (χ1) is 13.5. The van der Waals surface area contributed by atoms with E-state index in [1.54, 1.807) is 0 Å². The van der Waals surface area contributed by atoms with Gasteiger partial charge in [-0.1, -0.05) is 30.3 Å². The van der Waals surface area contributed by atoms with Crippen LogP contribution in [-0.2, 0) is 4.79 Å². The molecule has 1 heterocycles. The molecule has 1 aromatic heterocycles. The molecule has 0 spiro atoms. The van der Waals surface area contributed by atoms with E-state index in [4.69, 9.17) is 5.73 Å². The summed E-state index contributed by atoms with van der Waals surface area (Å²) in [7, 11) is 1.93. The molecule has 0 saturated heterocycles. The number of carbonyl (C=O) groups excluding carboxylic acids is 2. The number of hydrogen-bond acceptors (Lipinski definition) is 2. The Kier molecular flexibility index (Phi) is 3.90. The van der Waals surface area contributed by atoms with Crippen LogP contribution < -0.4 is 5.73 Å². The van der Waals surface area contributed by atoms with E-state index in [-0.39, 0.29) is 23.3 Å². The molecule has 0 radical (unpaired) electrons. The third-order valence-corrected chi connectivity index (χ3v) is 7.51. The van der Waals surface area contributed by atoms with Crippen molar-refractivity contribution >= 4 is 11.8 Å². The van der Waals surface area contributed by atoms with E-state index in [9.17, 15) is 9.59 Å². The number of aromatic amines is 1. The normalized spacial score (nSPS) is 33.0. The monoisotopic (exact) mass is 377 g/mol. The maximum atomic E-state index is 13.2. The Balaban J connectivity index is 1.37. The van der Waals surface area contributed by atoms with Gasteiger partial charge in [-0.15, -0.1) is 0 Å². The van der Waals surface area contributed by atoms with Gasteiger partial charge in [0.15, 0.2) is 0 Å². The fourth-order valence-corrected chi connectivity index (χ4v) is 6.56. The Bertz CT molecular complexity index is 903. The van der Waals surface area contributed by atoms with Gasteiger partial charge >= 0.3 is 0 Å². The van der Waals surface area contributed by atoms with E-state index in [2.05, 4.69) is 4.98 Å². The van der Waals surface area contributed by atoms with E-state index in [1.807, 2.05) is 54.4 Å². The first-order valence-corrected chi connectivity index (χ1v) is 10.3. The Morgan fingerprint density at radius 2 is 1.71 bits per heavy atom. The molecule has 3 N–H and O–H groups in total. The Labute approximate surface area is 165 Å². The summed E-state index contributed by atoms with van der Waals surface area (Å²) in [5, 5.41) is 0. The van der Waals surface area contributed by atoms with Gasteiger partial charge in [0.2, 0.25) is 5.91 Å². The highest BCUT2D eigenvalue weighted by Gasteiger charge is 2.59. The van der Waals surface area contributed by atoms with Crippen molar-refractivity contribution in [2.75, 3.05) is 7.05 Å². The molecule has 4 fully saturated rings. The van der Waals surface area contributed by atoms with Crippen LogP contribution in [0.3, 0.4) is 0 Å². The van der Waals surface area contributed by atoms with Crippen molar-refractivity contribution < 1.29 is 9.59 Å². The number of nitrogens with zero attached hydrogens (tertiary/aromatic N) is 1. The molecular formula is C23H27N3O2. The van der Waals surface area contributed by atoms with Crippen LogP contribution in [0.2, 0.25) is 0 Å². The van der Waals surface area contributed by atoms with E-state index >= 15 is 0 Å². The Morgan fingerprint density at radius 3 is 2.36 bits per heavy atom. The third-order valence-electron chi connectivity index (χ3n) is 7.51. The second-order valence-electron chi connectivity index (χ2n) is 9.17. The van der Waals surface area contributed by atoms with E-state index in [0.717, 1.165) is 43.4 Å². The summed E-state index contributed by atoms with van der Waals surface area (Å²) < 4.78 is 0. The number of H-pyrrole nitrogens is 1. The predicted octanol–water partition coefficient (Wildman–Crippen LogP) is 3.43. The number of hydrogen-bond donors (Lipinski definition) is 2. The van der Waals surface area contributed by atoms with Crippen LogP contribution in [0, 0.1) is 23.2 Å². The molecule has 6 rings (SSSR count). The molecule has 5 heteroatoms. The number of nitrogens with two attached hydrogens (primary N) is 1. The van der Waals surface area contributed by atoms with Gasteiger partial charge in [-0.05, 0) is 67.6 Å². The summed E-state index contributed by atoms with van der Waals surface area (Å²) in [5.74, 6) is 1.27. The van der Waals surface area contributed by atoms with Gasteiger partial charge in [0.25, 0.3) is 5.91 Å². The number of rotatable bonds is 4. The minimum Gasteiger partial charge on any atom is -0.369 e. The van der Waals surface area contributed by atoms with Crippen LogP contribution in [0.1, 0.15) is 42.6 Å². The molecule has 4 bridgehead atoms. The topological polar surface area (TPSA) is 79.2 Å². The molecule has 146 valence electrons. The third kappa shape index (κ3) is 2.60. The Morgan fingerprint density at radius 1 is 1.04 bits per heavy atom. The fourth-order valence-electron chi connectivity index (χ4n) is 6.56. The highest BCUT2D eigenvalue weighted by Crippen LogP contribution is 2.60. The molecule has 28 heavy (non-hydrogen) atoms. The summed E-state index contributed by atoms with van der Waals surface area (Å²) in [5.41, 5.74) is 8.13. The maximum absolute atomic E-state index is 13.2. The van der Waals surface area contributed by atoms with E-state index in [0.29, 0.717) is 23.4 Å². The zero-order valence-corrected chi connectivity index (χ0v) is 16.2. The second-order valence-corrected chi connectivity index (χ2v) is 9.17. The number of nitrogens with one attached hydrogen (secondary N) is 1. The highest BCUT2D eigenvalue weighted by atomic mass is 16.2. The second kappa shape index (κ2) is 6.23. The Hall–Kier alpha value is -2.56. The zero-order chi connectivity index (χ0) is 19.5. The largest absolute Gasteiger partial charge is 0.369 e. The number of aromatic nitrogens is 1. The molecule has 0 aliphatic heterocycles. The number of primary amides is 1. The molecule has 5 nitrogen and oxygen atoms in total. The van der Waals surface area contributed by atoms with Gasteiger partial charge in [-0.3, -0.25) is 9.59 Å². The lowest BCUT2D eigenvalue weighted by Gasteiger charge is -2.60. The van der Waals surface area contributed by atoms with Crippen LogP contribution in [0.15, 0.2) is 42.5 Å². The number of benzene rings is 1. The van der Waals surface area contributed by atoms with Gasteiger partial charge in [0.05, 0.1) is 0 Å². The fraction of sp³-hybridized carbons (Fsp3) is 0.478. The van der Waals surface area contributed by atoms with Gasteiger partial charge < -0.3 is 15.6 Å². The molecule has 2 aromatic rings. The summed E-state index contributed by atoms with van der Waals surface area (Å²) in [6.45, 7) is 0. The van der Waals surface area contributed by atoms with Gasteiger partial charge in [-0.2, -0.15) is 0 Å². The average Bonchev–Trinajstić information content (AvgIpc) is 3.17. The molecule has 2 unspecified atom stereocenters. The highest BCUT2D eigenvalue weighted by molar-refractivity contribution is 5.93. The van der Waals surface area contributed by atoms with Gasteiger partial charge in [-0.25, -0.2) is 0 Å². The van der Waals surface area contributed by atoms with Crippen molar-refractivity contribution in [3.05, 3.63) is 48.2 Å². The summed E-state index contributed by atoms with van der Waals surface area (Å²) in [4.78, 5) is 30.6. The number of carbonyl (C=O) groups is 2. The molecule has 4 aliphatic carbocycles. The molecule has 2 atom stereocenters. The molecular weight excluding hydrogens is 350 g/mol. The van der Waals surface area contributed by atoms with Gasteiger partial charge in [0.1, 0.15) is 5.69 Å². The van der Waals surface area contributed by atoms with E-state index in [1.165, 1.54) is 0 Å². The molecule has 4 aliphatic rings. The van der Waals surface area contributed by atoms with Crippen molar-refractivity contribution in [2.45, 2.75) is 38.1 Å². The lowest BCUT2D eigenvalue weighted by molar-refractivity contribution is -0.149. The SMILES string of the molecule is CN(C(=O)c1ccc(-c2ccccc2)[nH]1)C1C2CC3CC1CC(C(N)=O)(C3)C2. The van der Waals surface area contributed by atoms with Crippen LogP contribution >= 0.6 is 0 Å². The van der Waals surface area contributed by atoms with E-state index < -0.39 is 0 Å². The van der Waals surface area contributed by atoms with Crippen LogP contribution in [0.25, 0.3) is 11.3 Å². The number of amides is 2. The van der Waals surface area contributed by atoms with Gasteiger partial charge in [0, 0.05) is 24.2 Å². The van der Waals surface area contributed by atoms with Crippen molar-refractivity contribution in [3.63, 3.8) is 0 Å². The smallest absolute Gasteiger partial charge is 0.270 e. The van der Waals surface area contributed by atoms with Crippen molar-refractivity contribution in [2.24, 2.45) is 28.9 Å². The summed E-state index contributed by atoms with van der Waals surface area (Å²) in [6, 6.07) is 14.1. The van der Waals surface area contributed by atoms with Crippen LogP contribution in [0.5, 0.6) is 0 Å². The zero-order valence-electron chi connectivity index (χ0n) is 16.2. The van der Waals surface area contributed by atoms with Crippen LogP contribution in [-0.4, -0.2) is 34.8 Å². The minimum atomic E-state index is -0.316.